The van der Waals surface area contributed by atoms with Crippen LogP contribution in [0.4, 0.5) is 5.69 Å². The van der Waals surface area contributed by atoms with Crippen molar-refractivity contribution in [2.24, 2.45) is 7.05 Å². The number of anilines is 1. The summed E-state index contributed by atoms with van der Waals surface area (Å²) in [4.78, 5) is 29.6. The summed E-state index contributed by atoms with van der Waals surface area (Å²) in [5.74, 6) is -0.576. The average molecular weight is 337 g/mol. The van der Waals surface area contributed by atoms with Crippen LogP contribution in [0.1, 0.15) is 31.3 Å². The number of carbonyl (C=O) groups is 1. The van der Waals surface area contributed by atoms with Crippen molar-refractivity contribution in [3.05, 3.63) is 27.5 Å². The molecule has 8 heteroatoms. The van der Waals surface area contributed by atoms with E-state index >= 15 is 0 Å². The van der Waals surface area contributed by atoms with Crippen LogP contribution in [0, 0.1) is 0 Å². The fourth-order valence-corrected chi connectivity index (χ4v) is 2.76. The Balaban J connectivity index is 2.76. The Hall–Kier alpha value is -2.35. The summed E-state index contributed by atoms with van der Waals surface area (Å²) in [6.45, 7) is 5.33. The summed E-state index contributed by atoms with van der Waals surface area (Å²) in [7, 11) is 2.78. The minimum Gasteiger partial charge on any atom is -0.480 e. The van der Waals surface area contributed by atoms with Gasteiger partial charge in [-0.05, 0) is 32.2 Å². The number of ether oxygens (including phenoxy) is 2. The first-order valence-electron chi connectivity index (χ1n) is 6.87. The quantitative estimate of drug-likeness (QED) is 0.861. The van der Waals surface area contributed by atoms with E-state index in [2.05, 4.69) is 4.98 Å². The second-order valence-electron chi connectivity index (χ2n) is 5.89. The average Bonchev–Trinajstić information content (AvgIpc) is 2.88. The molecule has 0 amide bonds. The zero-order valence-electron chi connectivity index (χ0n) is 13.7. The van der Waals surface area contributed by atoms with Crippen LogP contribution in [-0.2, 0) is 11.8 Å². The van der Waals surface area contributed by atoms with Gasteiger partial charge < -0.3 is 15.2 Å². The maximum absolute atomic E-state index is 12.7. The minimum atomic E-state index is -0.738. The number of carbonyl (C=O) groups excluding carboxylic acids is 1. The van der Waals surface area contributed by atoms with Crippen LogP contribution < -0.4 is 16.0 Å². The molecule has 0 saturated carbocycles. The van der Waals surface area contributed by atoms with Gasteiger partial charge in [0.2, 0.25) is 5.75 Å². The number of nitrogens with zero attached hydrogens (tertiary/aromatic N) is 2. The Labute approximate surface area is 137 Å². The van der Waals surface area contributed by atoms with Crippen LogP contribution in [0.3, 0.4) is 0 Å². The van der Waals surface area contributed by atoms with Crippen molar-refractivity contribution in [3.8, 4) is 16.5 Å². The van der Waals surface area contributed by atoms with Crippen LogP contribution in [0.25, 0.3) is 10.7 Å². The van der Waals surface area contributed by atoms with Crippen LogP contribution in [-0.4, -0.2) is 28.2 Å². The summed E-state index contributed by atoms with van der Waals surface area (Å²) < 4.78 is 11.7. The molecule has 0 unspecified atom stereocenters. The maximum atomic E-state index is 12.7. The van der Waals surface area contributed by atoms with E-state index in [0.29, 0.717) is 16.4 Å². The van der Waals surface area contributed by atoms with Crippen molar-refractivity contribution in [3.63, 3.8) is 0 Å². The number of thiophene rings is 1. The van der Waals surface area contributed by atoms with Crippen molar-refractivity contribution in [2.45, 2.75) is 26.4 Å². The van der Waals surface area contributed by atoms with Gasteiger partial charge in [-0.15, -0.1) is 11.3 Å². The molecule has 0 radical (unpaired) electrons. The molecule has 0 atom stereocenters. The third-order valence-corrected chi connectivity index (χ3v) is 3.86. The molecule has 124 valence electrons. The first kappa shape index (κ1) is 17.0. The van der Waals surface area contributed by atoms with Crippen molar-refractivity contribution < 1.29 is 14.3 Å². The van der Waals surface area contributed by atoms with Crippen molar-refractivity contribution in [1.82, 2.24) is 9.55 Å². The molecule has 2 rings (SSSR count). The Morgan fingerprint density at radius 2 is 2.04 bits per heavy atom. The summed E-state index contributed by atoms with van der Waals surface area (Å²) >= 11 is 1.33. The largest absolute Gasteiger partial charge is 0.480 e. The summed E-state index contributed by atoms with van der Waals surface area (Å²) in [5, 5.41) is 1.79. The molecule has 2 aromatic rings. The molecule has 0 aliphatic carbocycles. The molecular formula is C15H19N3O4S. The molecule has 7 nitrogen and oxygen atoms in total. The minimum absolute atomic E-state index is 0.134. The van der Waals surface area contributed by atoms with Gasteiger partial charge in [0.15, 0.2) is 11.5 Å². The van der Waals surface area contributed by atoms with E-state index in [0.717, 1.165) is 0 Å². The lowest BCUT2D eigenvalue weighted by atomic mass is 10.2. The Morgan fingerprint density at radius 3 is 2.52 bits per heavy atom. The number of nitrogens with two attached hydrogens (primary N) is 1. The van der Waals surface area contributed by atoms with E-state index in [-0.39, 0.29) is 11.4 Å². The second-order valence-corrected chi connectivity index (χ2v) is 6.80. The molecule has 0 aliphatic heterocycles. The van der Waals surface area contributed by atoms with Crippen molar-refractivity contribution in [1.29, 1.82) is 0 Å². The van der Waals surface area contributed by atoms with Gasteiger partial charge in [0.05, 0.1) is 17.7 Å². The third kappa shape index (κ3) is 3.37. The fourth-order valence-electron chi connectivity index (χ4n) is 1.92. The number of hydrogen-bond donors (Lipinski definition) is 1. The lowest BCUT2D eigenvalue weighted by Crippen LogP contribution is -2.32. The topological polar surface area (TPSA) is 96.4 Å². The van der Waals surface area contributed by atoms with Crippen molar-refractivity contribution >= 4 is 23.0 Å². The SMILES string of the molecule is COC(=O)c1nc(-c2sccc2N)n(C)c(=O)c1OC(C)(C)C. The van der Waals surface area contributed by atoms with Gasteiger partial charge in [0.1, 0.15) is 5.60 Å². The van der Waals surface area contributed by atoms with Gasteiger partial charge >= 0.3 is 5.97 Å². The molecule has 0 spiro atoms. The molecule has 2 N–H and O–H groups in total. The second kappa shape index (κ2) is 6.04. The standard InChI is InChI=1S/C15H19N3O4S/c1-15(2,3)22-10-9(14(20)21-5)17-12(18(4)13(10)19)11-8(16)6-7-23-11/h6-7H,16H2,1-5H3. The molecule has 2 aromatic heterocycles. The highest BCUT2D eigenvalue weighted by molar-refractivity contribution is 7.14. The lowest BCUT2D eigenvalue weighted by Gasteiger charge is -2.22. The van der Waals surface area contributed by atoms with E-state index in [1.165, 1.54) is 23.0 Å². The Bertz CT molecular complexity index is 802. The van der Waals surface area contributed by atoms with E-state index in [1.807, 2.05) is 0 Å². The van der Waals surface area contributed by atoms with Crippen LogP contribution >= 0.6 is 11.3 Å². The van der Waals surface area contributed by atoms with Gasteiger partial charge in [-0.25, -0.2) is 9.78 Å². The van der Waals surface area contributed by atoms with Crippen molar-refractivity contribution in [2.75, 3.05) is 12.8 Å². The highest BCUT2D eigenvalue weighted by Gasteiger charge is 2.27. The van der Waals surface area contributed by atoms with Gasteiger partial charge in [-0.1, -0.05) is 0 Å². The Morgan fingerprint density at radius 1 is 1.39 bits per heavy atom. The predicted molar refractivity (Wildman–Crippen MR) is 88.9 cm³/mol. The van der Waals surface area contributed by atoms with E-state index in [4.69, 9.17) is 15.2 Å². The number of esters is 1. The zero-order valence-corrected chi connectivity index (χ0v) is 14.5. The summed E-state index contributed by atoms with van der Waals surface area (Å²) in [6.07, 6.45) is 0. The zero-order chi connectivity index (χ0) is 17.4. The first-order chi connectivity index (χ1) is 10.7. The monoisotopic (exact) mass is 337 g/mol. The molecule has 0 aromatic carbocycles. The van der Waals surface area contributed by atoms with Crippen LogP contribution in [0.5, 0.6) is 5.75 Å². The van der Waals surface area contributed by atoms with Gasteiger partial charge in [-0.3, -0.25) is 9.36 Å². The highest BCUT2D eigenvalue weighted by Crippen LogP contribution is 2.31. The molecule has 2 heterocycles. The van der Waals surface area contributed by atoms with Crippen LogP contribution in [0.2, 0.25) is 0 Å². The lowest BCUT2D eigenvalue weighted by molar-refractivity contribution is 0.0576. The van der Waals surface area contributed by atoms with E-state index in [1.54, 1.807) is 39.3 Å². The molecule has 0 saturated heterocycles. The smallest absolute Gasteiger partial charge is 0.360 e. The number of aromatic nitrogens is 2. The number of rotatable bonds is 3. The molecule has 0 fully saturated rings. The van der Waals surface area contributed by atoms with Gasteiger partial charge in [-0.2, -0.15) is 0 Å². The Kier molecular flexibility index (Phi) is 4.46. The fraction of sp³-hybridized carbons (Fsp3) is 0.400. The summed E-state index contributed by atoms with van der Waals surface area (Å²) in [5.41, 5.74) is 5.08. The molecule has 0 bridgehead atoms. The van der Waals surface area contributed by atoms with Crippen LogP contribution in [0.15, 0.2) is 16.2 Å². The maximum Gasteiger partial charge on any atom is 0.360 e. The molecule has 0 aliphatic rings. The van der Waals surface area contributed by atoms with E-state index in [9.17, 15) is 9.59 Å². The first-order valence-corrected chi connectivity index (χ1v) is 7.75. The summed E-state index contributed by atoms with van der Waals surface area (Å²) in [6, 6.07) is 1.71. The predicted octanol–water partition coefficient (Wildman–Crippen LogP) is 2.05. The van der Waals surface area contributed by atoms with Gasteiger partial charge in [0.25, 0.3) is 5.56 Å². The third-order valence-electron chi connectivity index (χ3n) is 2.94. The van der Waals surface area contributed by atoms with E-state index < -0.39 is 17.1 Å². The molecular weight excluding hydrogens is 318 g/mol. The highest BCUT2D eigenvalue weighted by atomic mass is 32.1. The number of methoxy groups -OCH3 is 1. The number of hydrogen-bond acceptors (Lipinski definition) is 7. The molecule has 23 heavy (non-hydrogen) atoms. The number of nitrogen functional groups attached to an aromatic ring is 1. The normalized spacial score (nSPS) is 11.3. The van der Waals surface area contributed by atoms with Gasteiger partial charge in [0, 0.05) is 7.05 Å².